The third kappa shape index (κ3) is 4.26. The van der Waals surface area contributed by atoms with Crippen LogP contribution in [-0.2, 0) is 24.1 Å². The minimum atomic E-state index is -0.0187. The summed E-state index contributed by atoms with van der Waals surface area (Å²) >= 11 is 0. The fourth-order valence-corrected chi connectivity index (χ4v) is 3.91. The molecular weight excluding hydrogens is 451 g/mol. The summed E-state index contributed by atoms with van der Waals surface area (Å²) in [6.45, 7) is 0.773. The monoisotopic (exact) mass is 476 g/mol. The summed E-state index contributed by atoms with van der Waals surface area (Å²) in [5, 5.41) is 3.19. The van der Waals surface area contributed by atoms with Gasteiger partial charge in [0.2, 0.25) is 5.91 Å². The number of guanidine groups is 1. The topological polar surface area (TPSA) is 70.7 Å². The van der Waals surface area contributed by atoms with Crippen LogP contribution in [0.2, 0.25) is 0 Å². The van der Waals surface area contributed by atoms with Gasteiger partial charge in [0.15, 0.2) is 5.96 Å². The number of amides is 1. The molecule has 0 radical (unpaired) electrons. The maximum absolute atomic E-state index is 12.5. The van der Waals surface area contributed by atoms with Crippen molar-refractivity contribution >= 4 is 47.2 Å². The highest BCUT2D eigenvalue weighted by Crippen LogP contribution is 2.28. The molecule has 142 valence electrons. The number of hydrogen-bond acceptors (Lipinski definition) is 2. The number of nitrogens with one attached hydrogen (secondary N) is 1. The van der Waals surface area contributed by atoms with Gasteiger partial charge >= 0.3 is 0 Å². The van der Waals surface area contributed by atoms with Gasteiger partial charge < -0.3 is 16.0 Å². The molecule has 2 aromatic rings. The number of halogens is 1. The van der Waals surface area contributed by atoms with Gasteiger partial charge in [0.25, 0.3) is 0 Å². The maximum Gasteiger partial charge on any atom is 0.248 e. The minimum Gasteiger partial charge on any atom is -0.370 e. The summed E-state index contributed by atoms with van der Waals surface area (Å²) < 4.78 is 0. The Morgan fingerprint density at radius 2 is 1.81 bits per heavy atom. The molecule has 1 aliphatic carbocycles. The van der Waals surface area contributed by atoms with Crippen molar-refractivity contribution in [3.63, 3.8) is 0 Å². The van der Waals surface area contributed by atoms with Gasteiger partial charge in [-0.15, -0.1) is 24.0 Å². The maximum atomic E-state index is 12.5. The molecule has 1 amide bonds. The molecule has 0 unspecified atom stereocenters. The lowest BCUT2D eigenvalue weighted by Gasteiger charge is -2.20. The molecule has 1 heterocycles. The van der Waals surface area contributed by atoms with Crippen molar-refractivity contribution in [2.75, 3.05) is 23.3 Å². The van der Waals surface area contributed by atoms with E-state index in [1.54, 1.807) is 4.90 Å². The first-order valence-corrected chi connectivity index (χ1v) is 9.28. The van der Waals surface area contributed by atoms with E-state index in [9.17, 15) is 4.79 Å². The van der Waals surface area contributed by atoms with E-state index >= 15 is 0 Å². The van der Waals surface area contributed by atoms with E-state index in [0.29, 0.717) is 12.5 Å². The molecule has 0 saturated heterocycles. The third-order valence-electron chi connectivity index (χ3n) is 5.23. The molecule has 1 aliphatic heterocycles. The number of nitrogens with two attached hydrogens (primary N) is 1. The number of hydrogen-bond donors (Lipinski definition) is 2. The Kier molecular flexibility index (Phi) is 6.36. The number of para-hydroxylation sites is 1. The first-order valence-electron chi connectivity index (χ1n) is 9.28. The Morgan fingerprint density at radius 1 is 1.04 bits per heavy atom. The van der Waals surface area contributed by atoms with Crippen LogP contribution in [0.3, 0.4) is 0 Å². The molecule has 0 saturated carbocycles. The molecule has 3 N–H and O–H groups in total. The van der Waals surface area contributed by atoms with Crippen LogP contribution in [0.1, 0.15) is 29.5 Å². The van der Waals surface area contributed by atoms with E-state index in [1.165, 1.54) is 29.5 Å². The van der Waals surface area contributed by atoms with E-state index in [4.69, 9.17) is 5.73 Å². The first kappa shape index (κ1) is 19.7. The van der Waals surface area contributed by atoms with Gasteiger partial charge in [0.05, 0.1) is 0 Å². The van der Waals surface area contributed by atoms with Crippen LogP contribution in [0.15, 0.2) is 47.5 Å². The molecule has 2 aliphatic rings. The number of nitrogens with zero attached hydrogens (tertiary/aromatic N) is 2. The van der Waals surface area contributed by atoms with Gasteiger partial charge in [-0.1, -0.05) is 30.3 Å². The van der Waals surface area contributed by atoms with E-state index in [-0.39, 0.29) is 36.4 Å². The van der Waals surface area contributed by atoms with Crippen LogP contribution in [0, 0.1) is 0 Å². The summed E-state index contributed by atoms with van der Waals surface area (Å²) in [5.74, 6) is 0.277. The Morgan fingerprint density at radius 3 is 2.70 bits per heavy atom. The van der Waals surface area contributed by atoms with Crippen LogP contribution in [0.25, 0.3) is 0 Å². The molecule has 0 atom stereocenters. The fourth-order valence-electron chi connectivity index (χ4n) is 3.91. The van der Waals surface area contributed by atoms with Crippen molar-refractivity contribution in [3.8, 4) is 0 Å². The average Bonchev–Trinajstić information content (AvgIpc) is 3.11. The standard InChI is InChI=1S/C21H24N4O.HI/c22-21(24-18-10-5-8-15-6-1-3-9-17(15)18)23-14-20(26)25-13-12-16-7-2-4-11-19(16)25;/h2,4-5,7-8,10-11H,1,3,6,9,12-14H2,(H3,22,23,24);1H. The Hall–Kier alpha value is -2.09. The highest BCUT2D eigenvalue weighted by atomic mass is 127. The molecule has 2 aromatic carbocycles. The van der Waals surface area contributed by atoms with Gasteiger partial charge in [0.1, 0.15) is 6.54 Å². The zero-order valence-electron chi connectivity index (χ0n) is 15.3. The SMILES string of the molecule is I.NC(=NCC(=O)N1CCc2ccccc21)Nc1cccc2c1CCCC2. The van der Waals surface area contributed by atoms with E-state index in [2.05, 4.69) is 22.4 Å². The lowest BCUT2D eigenvalue weighted by molar-refractivity contribution is -0.117. The number of aryl methyl sites for hydroxylation is 1. The van der Waals surface area contributed by atoms with E-state index < -0.39 is 0 Å². The lowest BCUT2D eigenvalue weighted by atomic mass is 9.90. The molecule has 0 aromatic heterocycles. The Balaban J connectivity index is 0.00000210. The van der Waals surface area contributed by atoms with Crippen molar-refractivity contribution in [1.29, 1.82) is 0 Å². The second kappa shape index (κ2) is 8.73. The van der Waals surface area contributed by atoms with Crippen molar-refractivity contribution in [2.45, 2.75) is 32.1 Å². The molecular formula is C21H25IN4O. The van der Waals surface area contributed by atoms with Crippen molar-refractivity contribution in [1.82, 2.24) is 0 Å². The van der Waals surface area contributed by atoms with Gasteiger partial charge in [-0.3, -0.25) is 4.79 Å². The summed E-state index contributed by atoms with van der Waals surface area (Å²) in [7, 11) is 0. The fraction of sp³-hybridized carbons (Fsp3) is 0.333. The second-order valence-electron chi connectivity index (χ2n) is 6.90. The number of benzene rings is 2. The van der Waals surface area contributed by atoms with Gasteiger partial charge in [-0.25, -0.2) is 4.99 Å². The van der Waals surface area contributed by atoms with Crippen LogP contribution < -0.4 is 16.0 Å². The predicted octanol–water partition coefficient (Wildman–Crippen LogP) is 3.50. The first-order chi connectivity index (χ1) is 12.7. The van der Waals surface area contributed by atoms with E-state index in [0.717, 1.165) is 30.6 Å². The van der Waals surface area contributed by atoms with Gasteiger partial charge in [-0.2, -0.15) is 0 Å². The molecule has 0 spiro atoms. The van der Waals surface area contributed by atoms with Gasteiger partial charge in [0, 0.05) is 17.9 Å². The minimum absolute atomic E-state index is 0. The Labute approximate surface area is 177 Å². The smallest absolute Gasteiger partial charge is 0.248 e. The molecule has 0 bridgehead atoms. The molecule has 5 nitrogen and oxygen atoms in total. The number of aliphatic imine (C=N–C) groups is 1. The van der Waals surface area contributed by atoms with Crippen molar-refractivity contribution in [2.24, 2.45) is 10.7 Å². The lowest BCUT2D eigenvalue weighted by Crippen LogP contribution is -2.32. The molecule has 27 heavy (non-hydrogen) atoms. The number of fused-ring (bicyclic) bond motifs is 2. The van der Waals surface area contributed by atoms with Crippen molar-refractivity contribution < 1.29 is 4.79 Å². The zero-order chi connectivity index (χ0) is 17.9. The zero-order valence-corrected chi connectivity index (χ0v) is 17.6. The molecule has 4 rings (SSSR count). The normalized spacial score (nSPS) is 15.6. The Bertz CT molecular complexity index is 865. The van der Waals surface area contributed by atoms with Crippen LogP contribution >= 0.6 is 24.0 Å². The quantitative estimate of drug-likeness (QED) is 0.405. The summed E-state index contributed by atoms with van der Waals surface area (Å²) in [6.07, 6.45) is 5.53. The number of carbonyl (C=O) groups is 1. The number of rotatable bonds is 3. The largest absolute Gasteiger partial charge is 0.370 e. The highest BCUT2D eigenvalue weighted by molar-refractivity contribution is 14.0. The highest BCUT2D eigenvalue weighted by Gasteiger charge is 2.23. The predicted molar refractivity (Wildman–Crippen MR) is 121 cm³/mol. The summed E-state index contributed by atoms with van der Waals surface area (Å²) in [4.78, 5) is 18.6. The molecule has 0 fully saturated rings. The average molecular weight is 476 g/mol. The van der Waals surface area contributed by atoms with E-state index in [1.807, 2.05) is 30.3 Å². The van der Waals surface area contributed by atoms with Gasteiger partial charge in [-0.05, 0) is 60.9 Å². The number of carbonyl (C=O) groups excluding carboxylic acids is 1. The third-order valence-corrected chi connectivity index (χ3v) is 5.23. The molecule has 6 heteroatoms. The second-order valence-corrected chi connectivity index (χ2v) is 6.90. The van der Waals surface area contributed by atoms with Crippen LogP contribution in [0.5, 0.6) is 0 Å². The van der Waals surface area contributed by atoms with Crippen molar-refractivity contribution in [3.05, 3.63) is 59.2 Å². The van der Waals surface area contributed by atoms with Crippen LogP contribution in [0.4, 0.5) is 11.4 Å². The summed E-state index contributed by atoms with van der Waals surface area (Å²) in [5.41, 5.74) is 12.0. The van der Waals surface area contributed by atoms with Crippen LogP contribution in [-0.4, -0.2) is 25.0 Å². The number of anilines is 2. The summed E-state index contributed by atoms with van der Waals surface area (Å²) in [6, 6.07) is 14.3.